The molecule has 0 spiro atoms. The van der Waals surface area contributed by atoms with Gasteiger partial charge in [0.05, 0.1) is 6.10 Å². The molecule has 0 unspecified atom stereocenters. The van der Waals surface area contributed by atoms with Gasteiger partial charge in [0.15, 0.2) is 0 Å². The van der Waals surface area contributed by atoms with E-state index in [1.165, 1.54) is 0 Å². The summed E-state index contributed by atoms with van der Waals surface area (Å²) in [4.78, 5) is 0. The molecular weight excluding hydrogens is 178 g/mol. The van der Waals surface area contributed by atoms with Crippen LogP contribution in [0.15, 0.2) is 6.33 Å². The minimum Gasteiger partial charge on any atom is -0.381 e. The zero-order valence-corrected chi connectivity index (χ0v) is 7.53. The summed E-state index contributed by atoms with van der Waals surface area (Å²) in [6.07, 6.45) is 4.06. The molecule has 12 heavy (non-hydrogen) atoms. The van der Waals surface area contributed by atoms with Crippen LogP contribution in [0.4, 0.5) is 0 Å². The van der Waals surface area contributed by atoms with Gasteiger partial charge in [0.25, 0.3) is 0 Å². The predicted molar refractivity (Wildman–Crippen MR) is 44.1 cm³/mol. The van der Waals surface area contributed by atoms with E-state index in [1.54, 1.807) is 13.4 Å². The van der Waals surface area contributed by atoms with Crippen molar-refractivity contribution in [3.63, 3.8) is 0 Å². The Morgan fingerprint density at radius 3 is 2.92 bits per heavy atom. The van der Waals surface area contributed by atoms with Crippen LogP contribution < -0.4 is 0 Å². The first-order chi connectivity index (χ1) is 5.81. The van der Waals surface area contributed by atoms with Crippen molar-refractivity contribution in [2.45, 2.75) is 25.0 Å². The summed E-state index contributed by atoms with van der Waals surface area (Å²) in [7, 11) is 1.73. The van der Waals surface area contributed by atoms with Gasteiger partial charge in [-0.25, -0.2) is 0 Å². The Morgan fingerprint density at radius 2 is 2.42 bits per heavy atom. The third-order valence-electron chi connectivity index (χ3n) is 2.33. The van der Waals surface area contributed by atoms with Gasteiger partial charge >= 0.3 is 0 Å². The number of hydrogen-bond acceptors (Lipinski definition) is 3. The van der Waals surface area contributed by atoms with E-state index < -0.39 is 0 Å². The quantitative estimate of drug-likeness (QED) is 0.701. The second kappa shape index (κ2) is 3.03. The van der Waals surface area contributed by atoms with Crippen molar-refractivity contribution in [3.8, 4) is 0 Å². The van der Waals surface area contributed by atoms with E-state index in [0.29, 0.717) is 17.4 Å². The Morgan fingerprint density at radius 1 is 1.67 bits per heavy atom. The highest BCUT2D eigenvalue weighted by molar-refractivity contribution is 6.28. The van der Waals surface area contributed by atoms with Crippen LogP contribution in [-0.2, 0) is 4.74 Å². The number of hydrogen-bond donors (Lipinski definition) is 0. The van der Waals surface area contributed by atoms with E-state index in [9.17, 15) is 0 Å². The Balaban J connectivity index is 2.01. The molecule has 0 radical (unpaired) electrons. The molecule has 1 aromatic heterocycles. The molecule has 5 heteroatoms. The lowest BCUT2D eigenvalue weighted by Crippen LogP contribution is -2.32. The molecule has 0 aromatic carbocycles. The fourth-order valence-corrected chi connectivity index (χ4v) is 1.66. The molecule has 1 aliphatic rings. The van der Waals surface area contributed by atoms with Crippen LogP contribution in [0.5, 0.6) is 0 Å². The number of rotatable bonds is 2. The second-order valence-corrected chi connectivity index (χ2v) is 3.33. The second-order valence-electron chi connectivity index (χ2n) is 2.99. The van der Waals surface area contributed by atoms with Gasteiger partial charge in [-0.2, -0.15) is 0 Å². The molecule has 1 saturated carbocycles. The SMILES string of the molecule is COC1CC(n2cnnc2Cl)C1. The van der Waals surface area contributed by atoms with E-state index in [4.69, 9.17) is 16.3 Å². The van der Waals surface area contributed by atoms with Gasteiger partial charge in [0.1, 0.15) is 6.33 Å². The van der Waals surface area contributed by atoms with Crippen molar-refractivity contribution in [3.05, 3.63) is 11.6 Å². The van der Waals surface area contributed by atoms with Gasteiger partial charge in [-0.1, -0.05) is 0 Å². The normalized spacial score (nSPS) is 28.5. The lowest BCUT2D eigenvalue weighted by Gasteiger charge is -2.34. The van der Waals surface area contributed by atoms with Crippen molar-refractivity contribution >= 4 is 11.6 Å². The molecule has 0 saturated heterocycles. The van der Waals surface area contributed by atoms with Crippen LogP contribution in [0, 0.1) is 0 Å². The molecule has 2 rings (SSSR count). The summed E-state index contributed by atoms with van der Waals surface area (Å²) in [6.45, 7) is 0. The number of methoxy groups -OCH3 is 1. The fourth-order valence-electron chi connectivity index (χ4n) is 1.43. The average molecular weight is 188 g/mol. The van der Waals surface area contributed by atoms with Crippen molar-refractivity contribution in [2.24, 2.45) is 0 Å². The Labute approximate surface area is 75.5 Å². The lowest BCUT2D eigenvalue weighted by molar-refractivity contribution is 0.00615. The Kier molecular flexibility index (Phi) is 2.02. The van der Waals surface area contributed by atoms with Gasteiger partial charge in [-0.3, -0.25) is 0 Å². The van der Waals surface area contributed by atoms with E-state index in [2.05, 4.69) is 10.2 Å². The van der Waals surface area contributed by atoms with Gasteiger partial charge < -0.3 is 9.30 Å². The molecule has 0 N–H and O–H groups in total. The molecule has 0 amide bonds. The number of ether oxygens (including phenoxy) is 1. The summed E-state index contributed by atoms with van der Waals surface area (Å²) in [5.41, 5.74) is 0. The molecule has 0 aliphatic heterocycles. The minimum atomic E-state index is 0.383. The summed E-state index contributed by atoms with van der Waals surface area (Å²) in [6, 6.07) is 0.428. The maximum absolute atomic E-state index is 5.79. The maximum Gasteiger partial charge on any atom is 0.225 e. The predicted octanol–water partition coefficient (Wildman–Crippen LogP) is 1.28. The van der Waals surface area contributed by atoms with Crippen molar-refractivity contribution < 1.29 is 4.74 Å². The van der Waals surface area contributed by atoms with E-state index >= 15 is 0 Å². The molecular formula is C7H10ClN3O. The van der Waals surface area contributed by atoms with Gasteiger partial charge in [-0.15, -0.1) is 10.2 Å². The van der Waals surface area contributed by atoms with Crippen LogP contribution in [0.2, 0.25) is 5.28 Å². The minimum absolute atomic E-state index is 0.383. The molecule has 4 nitrogen and oxygen atoms in total. The van der Waals surface area contributed by atoms with Gasteiger partial charge in [-0.05, 0) is 24.4 Å². The van der Waals surface area contributed by atoms with E-state index in [-0.39, 0.29) is 0 Å². The van der Waals surface area contributed by atoms with Gasteiger partial charge in [0, 0.05) is 13.2 Å². The monoisotopic (exact) mass is 187 g/mol. The number of halogens is 1. The van der Waals surface area contributed by atoms with Crippen molar-refractivity contribution in [1.29, 1.82) is 0 Å². The summed E-state index contributed by atoms with van der Waals surface area (Å²) in [5, 5.41) is 7.89. The molecule has 0 bridgehead atoms. The first-order valence-electron chi connectivity index (χ1n) is 3.89. The van der Waals surface area contributed by atoms with E-state index in [0.717, 1.165) is 12.8 Å². The van der Waals surface area contributed by atoms with Crippen molar-refractivity contribution in [2.75, 3.05) is 7.11 Å². The largest absolute Gasteiger partial charge is 0.381 e. The zero-order chi connectivity index (χ0) is 8.55. The highest BCUT2D eigenvalue weighted by Crippen LogP contribution is 2.35. The molecule has 0 atom stereocenters. The van der Waals surface area contributed by atoms with Crippen LogP contribution in [0.1, 0.15) is 18.9 Å². The maximum atomic E-state index is 5.79. The Hall–Kier alpha value is -0.610. The van der Waals surface area contributed by atoms with E-state index in [1.807, 2.05) is 4.57 Å². The third-order valence-corrected chi connectivity index (χ3v) is 2.60. The molecule has 1 aromatic rings. The van der Waals surface area contributed by atoms with Crippen LogP contribution in [-0.4, -0.2) is 28.0 Å². The number of nitrogens with zero attached hydrogens (tertiary/aromatic N) is 3. The molecule has 1 fully saturated rings. The highest BCUT2D eigenvalue weighted by Gasteiger charge is 2.31. The summed E-state index contributed by atoms with van der Waals surface area (Å²) >= 11 is 5.79. The standard InChI is InChI=1S/C7H10ClN3O/c1-12-6-2-5(3-6)11-4-9-10-7(11)8/h4-6H,2-3H2,1H3. The zero-order valence-electron chi connectivity index (χ0n) is 6.77. The highest BCUT2D eigenvalue weighted by atomic mass is 35.5. The van der Waals surface area contributed by atoms with Crippen molar-refractivity contribution in [1.82, 2.24) is 14.8 Å². The Bertz CT molecular complexity index is 269. The first kappa shape index (κ1) is 8.01. The topological polar surface area (TPSA) is 39.9 Å². The first-order valence-corrected chi connectivity index (χ1v) is 4.27. The van der Waals surface area contributed by atoms with Crippen LogP contribution in [0.3, 0.4) is 0 Å². The smallest absolute Gasteiger partial charge is 0.225 e. The molecule has 1 heterocycles. The third kappa shape index (κ3) is 1.21. The lowest BCUT2D eigenvalue weighted by atomic mass is 9.89. The number of aromatic nitrogens is 3. The van der Waals surface area contributed by atoms with Gasteiger partial charge in [0.2, 0.25) is 5.28 Å². The summed E-state index contributed by atoms with van der Waals surface area (Å²) in [5.74, 6) is 0. The van der Waals surface area contributed by atoms with Crippen LogP contribution >= 0.6 is 11.6 Å². The molecule has 66 valence electrons. The average Bonchev–Trinajstić information content (AvgIpc) is 2.35. The summed E-state index contributed by atoms with van der Waals surface area (Å²) < 4.78 is 7.04. The van der Waals surface area contributed by atoms with Crippen LogP contribution in [0.25, 0.3) is 0 Å². The fraction of sp³-hybridized carbons (Fsp3) is 0.714. The molecule has 1 aliphatic carbocycles.